The number of carbonyl (C=O) groups is 1. The predicted octanol–water partition coefficient (Wildman–Crippen LogP) is 4.04. The average molecular weight is 485 g/mol. The molecule has 0 saturated carbocycles. The molecule has 1 unspecified atom stereocenters. The summed E-state index contributed by atoms with van der Waals surface area (Å²) in [5, 5.41) is 0.391. The van der Waals surface area contributed by atoms with E-state index in [9.17, 15) is 22.0 Å². The molecule has 33 heavy (non-hydrogen) atoms. The smallest absolute Gasteiger partial charge is 0.377 e. The lowest BCUT2D eigenvalue weighted by Gasteiger charge is -2.33. The van der Waals surface area contributed by atoms with Gasteiger partial charge in [0.1, 0.15) is 17.8 Å². The standard InChI is InChI=1S/C22H26F2N2O6S/c1-4-30-20(27)22(12-10-17(11-13-22)32-33(28,29)21(2,23)24)15-31-19-14-18(25-26(19)3)16-8-6-5-7-9-16/h5-10,14H,4,11-13,15H2,1-3H3. The Morgan fingerprint density at radius 3 is 2.55 bits per heavy atom. The van der Waals surface area contributed by atoms with E-state index < -0.39 is 26.8 Å². The van der Waals surface area contributed by atoms with Crippen LogP contribution >= 0.6 is 0 Å². The first kappa shape index (κ1) is 24.7. The van der Waals surface area contributed by atoms with E-state index in [0.29, 0.717) is 11.6 Å². The molecule has 1 aliphatic carbocycles. The highest BCUT2D eigenvalue weighted by Crippen LogP contribution is 2.39. The van der Waals surface area contributed by atoms with Gasteiger partial charge >= 0.3 is 21.3 Å². The fourth-order valence-corrected chi connectivity index (χ4v) is 3.95. The van der Waals surface area contributed by atoms with Gasteiger partial charge in [-0.2, -0.15) is 22.3 Å². The van der Waals surface area contributed by atoms with E-state index >= 15 is 0 Å². The second-order valence-electron chi connectivity index (χ2n) is 7.87. The fourth-order valence-electron chi connectivity index (χ4n) is 3.37. The Labute approximate surface area is 191 Å². The lowest BCUT2D eigenvalue weighted by molar-refractivity contribution is -0.158. The number of aromatic nitrogens is 2. The van der Waals surface area contributed by atoms with Crippen molar-refractivity contribution in [3.8, 4) is 17.1 Å². The van der Waals surface area contributed by atoms with Crippen molar-refractivity contribution in [3.63, 3.8) is 0 Å². The van der Waals surface area contributed by atoms with E-state index in [1.807, 2.05) is 30.3 Å². The number of hydrogen-bond donors (Lipinski definition) is 0. The lowest BCUT2D eigenvalue weighted by atomic mass is 9.77. The van der Waals surface area contributed by atoms with Crippen LogP contribution in [0.4, 0.5) is 8.78 Å². The Morgan fingerprint density at radius 1 is 1.27 bits per heavy atom. The summed E-state index contributed by atoms with van der Waals surface area (Å²) in [6.07, 6.45) is 1.39. The molecule has 180 valence electrons. The van der Waals surface area contributed by atoms with E-state index in [2.05, 4.69) is 9.28 Å². The highest BCUT2D eigenvalue weighted by molar-refractivity contribution is 7.87. The molecule has 1 aromatic carbocycles. The van der Waals surface area contributed by atoms with Crippen molar-refractivity contribution in [2.45, 2.75) is 38.4 Å². The molecule has 2 aromatic rings. The van der Waals surface area contributed by atoms with Gasteiger partial charge in [-0.3, -0.25) is 4.79 Å². The van der Waals surface area contributed by atoms with Crippen LogP contribution in [0.15, 0.2) is 48.2 Å². The van der Waals surface area contributed by atoms with Crippen molar-refractivity contribution in [1.29, 1.82) is 0 Å². The Bertz CT molecular complexity index is 1130. The van der Waals surface area contributed by atoms with Crippen molar-refractivity contribution in [2.75, 3.05) is 13.2 Å². The van der Waals surface area contributed by atoms with Gasteiger partial charge in [-0.25, -0.2) is 4.68 Å². The Hall–Kier alpha value is -2.95. The van der Waals surface area contributed by atoms with Crippen LogP contribution in [-0.2, 0) is 30.9 Å². The molecular formula is C22H26F2N2O6S. The van der Waals surface area contributed by atoms with Gasteiger partial charge in [0.2, 0.25) is 5.88 Å². The maximum absolute atomic E-state index is 13.3. The third-order valence-electron chi connectivity index (χ3n) is 5.34. The number of esters is 1. The number of carbonyl (C=O) groups excluding carboxylic acids is 1. The van der Waals surface area contributed by atoms with Crippen molar-refractivity contribution in [3.05, 3.63) is 48.2 Å². The number of nitrogens with zero attached hydrogens (tertiary/aromatic N) is 2. The zero-order chi connectivity index (χ0) is 24.3. The first-order valence-electron chi connectivity index (χ1n) is 10.4. The largest absolute Gasteiger partial charge is 0.477 e. The molecule has 0 N–H and O–H groups in total. The first-order valence-corrected chi connectivity index (χ1v) is 11.8. The monoisotopic (exact) mass is 484 g/mol. The van der Waals surface area contributed by atoms with E-state index in [4.69, 9.17) is 9.47 Å². The molecule has 0 amide bonds. The molecule has 1 aliphatic rings. The van der Waals surface area contributed by atoms with Crippen LogP contribution in [0.25, 0.3) is 11.3 Å². The molecule has 0 saturated heterocycles. The van der Waals surface area contributed by atoms with Crippen LogP contribution in [0.5, 0.6) is 5.88 Å². The number of hydrogen-bond acceptors (Lipinski definition) is 7. The number of benzene rings is 1. The first-order chi connectivity index (χ1) is 15.5. The molecule has 0 aliphatic heterocycles. The van der Waals surface area contributed by atoms with Gasteiger partial charge in [0, 0.05) is 32.0 Å². The van der Waals surface area contributed by atoms with Crippen LogP contribution in [0.3, 0.4) is 0 Å². The molecular weight excluding hydrogens is 458 g/mol. The van der Waals surface area contributed by atoms with Crippen molar-refractivity contribution >= 4 is 16.1 Å². The third kappa shape index (κ3) is 5.52. The summed E-state index contributed by atoms with van der Waals surface area (Å²) in [5.41, 5.74) is 0.473. The molecule has 0 radical (unpaired) electrons. The SMILES string of the molecule is CCOC(=O)C1(COc2cc(-c3ccccc3)nn2C)CC=C(OS(=O)(=O)C(C)(F)F)CC1. The van der Waals surface area contributed by atoms with Gasteiger partial charge in [0.15, 0.2) is 0 Å². The normalized spacial score (nSPS) is 19.0. The van der Waals surface area contributed by atoms with E-state index in [0.717, 1.165) is 5.56 Å². The molecule has 11 heteroatoms. The Balaban J connectivity index is 1.77. The molecule has 1 aromatic heterocycles. The minimum Gasteiger partial charge on any atom is -0.477 e. The van der Waals surface area contributed by atoms with Crippen LogP contribution in [0.1, 0.15) is 33.1 Å². The molecule has 1 atom stereocenters. The maximum atomic E-state index is 13.3. The molecule has 3 rings (SSSR count). The summed E-state index contributed by atoms with van der Waals surface area (Å²) in [5.74, 6) is -0.227. The zero-order valence-corrected chi connectivity index (χ0v) is 19.4. The molecule has 0 bridgehead atoms. The molecule has 1 heterocycles. The number of rotatable bonds is 9. The predicted molar refractivity (Wildman–Crippen MR) is 116 cm³/mol. The highest BCUT2D eigenvalue weighted by Gasteiger charge is 2.46. The second-order valence-corrected chi connectivity index (χ2v) is 9.66. The minimum atomic E-state index is -5.11. The van der Waals surface area contributed by atoms with Crippen LogP contribution in [0, 0.1) is 5.41 Å². The highest BCUT2D eigenvalue weighted by atomic mass is 32.2. The van der Waals surface area contributed by atoms with Crippen LogP contribution in [-0.4, -0.2) is 42.6 Å². The topological polar surface area (TPSA) is 96.7 Å². The van der Waals surface area contributed by atoms with Gasteiger partial charge in [-0.15, -0.1) is 0 Å². The summed E-state index contributed by atoms with van der Waals surface area (Å²) in [7, 11) is -3.40. The maximum Gasteiger partial charge on any atom is 0.377 e. The number of ether oxygens (including phenoxy) is 2. The Morgan fingerprint density at radius 2 is 1.97 bits per heavy atom. The third-order valence-corrected chi connectivity index (χ3v) is 6.65. The summed E-state index contributed by atoms with van der Waals surface area (Å²) in [6.45, 7) is 2.00. The number of allylic oxidation sites excluding steroid dienone is 2. The van der Waals surface area contributed by atoms with Crippen molar-refractivity contribution in [1.82, 2.24) is 9.78 Å². The van der Waals surface area contributed by atoms with Gasteiger partial charge in [0.05, 0.1) is 12.3 Å². The number of halogens is 2. The van der Waals surface area contributed by atoms with Crippen LogP contribution in [0.2, 0.25) is 0 Å². The summed E-state index contributed by atoms with van der Waals surface area (Å²) in [6, 6.07) is 11.2. The molecule has 8 nitrogen and oxygen atoms in total. The van der Waals surface area contributed by atoms with E-state index in [-0.39, 0.29) is 45.2 Å². The zero-order valence-electron chi connectivity index (χ0n) is 18.6. The van der Waals surface area contributed by atoms with Gasteiger partial charge in [0.25, 0.3) is 0 Å². The summed E-state index contributed by atoms with van der Waals surface area (Å²) >= 11 is 0. The van der Waals surface area contributed by atoms with Crippen molar-refractivity contribution < 1.29 is 35.6 Å². The fraction of sp³-hybridized carbons (Fsp3) is 0.455. The quantitative estimate of drug-likeness (QED) is 0.391. The van der Waals surface area contributed by atoms with E-state index in [1.54, 1.807) is 24.7 Å². The Kier molecular flexibility index (Phi) is 7.11. The molecule has 0 spiro atoms. The number of alkyl halides is 2. The van der Waals surface area contributed by atoms with Crippen molar-refractivity contribution in [2.24, 2.45) is 12.5 Å². The minimum absolute atomic E-state index is 0.00929. The van der Waals surface area contributed by atoms with E-state index in [1.165, 1.54) is 6.08 Å². The average Bonchev–Trinajstić information content (AvgIpc) is 3.14. The van der Waals surface area contributed by atoms with Crippen LogP contribution < -0.4 is 4.74 Å². The summed E-state index contributed by atoms with van der Waals surface area (Å²) in [4.78, 5) is 12.8. The second kappa shape index (κ2) is 9.50. The summed E-state index contributed by atoms with van der Waals surface area (Å²) < 4.78 is 67.1. The van der Waals surface area contributed by atoms with Gasteiger partial charge in [-0.1, -0.05) is 30.3 Å². The van der Waals surface area contributed by atoms with Gasteiger partial charge < -0.3 is 13.7 Å². The van der Waals surface area contributed by atoms with Gasteiger partial charge in [-0.05, 0) is 25.8 Å². The lowest BCUT2D eigenvalue weighted by Crippen LogP contribution is -2.40. The number of aryl methyl sites for hydroxylation is 1. The molecule has 0 fully saturated rings.